The molecule has 4 bridgehead atoms. The molecule has 2 nitrogen and oxygen atoms in total. The first kappa shape index (κ1) is 11.8. The van der Waals surface area contributed by atoms with Crippen LogP contribution in [0.15, 0.2) is 15.3 Å². The molecule has 4 fully saturated rings. The Bertz CT molecular complexity index is 445. The highest BCUT2D eigenvalue weighted by molar-refractivity contribution is 9.11. The van der Waals surface area contributed by atoms with Gasteiger partial charge in [0.1, 0.15) is 15.0 Å². The Morgan fingerprint density at radius 3 is 1.78 bits per heavy atom. The molecule has 5 rings (SSSR count). The van der Waals surface area contributed by atoms with Crippen LogP contribution in [0.2, 0.25) is 0 Å². The quantitative estimate of drug-likeness (QED) is 0.680. The van der Waals surface area contributed by atoms with Gasteiger partial charge in [-0.1, -0.05) is 0 Å². The van der Waals surface area contributed by atoms with Crippen molar-refractivity contribution in [2.75, 3.05) is 0 Å². The number of hydrogen-bond donors (Lipinski definition) is 0. The van der Waals surface area contributed by atoms with Crippen molar-refractivity contribution in [3.05, 3.63) is 21.1 Å². The van der Waals surface area contributed by atoms with Gasteiger partial charge in [0, 0.05) is 11.5 Å². The molecule has 96 valence electrons. The minimum Gasteiger partial charge on any atom is -0.225 e. The van der Waals surface area contributed by atoms with Crippen LogP contribution in [-0.2, 0) is 5.41 Å². The number of aromatic nitrogens is 2. The summed E-state index contributed by atoms with van der Waals surface area (Å²) >= 11 is 7.02. The molecule has 18 heavy (non-hydrogen) atoms. The monoisotopic (exact) mass is 370 g/mol. The lowest BCUT2D eigenvalue weighted by molar-refractivity contribution is -0.00955. The summed E-state index contributed by atoms with van der Waals surface area (Å²) in [5.41, 5.74) is 0.293. The Balaban J connectivity index is 1.79. The van der Waals surface area contributed by atoms with Gasteiger partial charge in [0.25, 0.3) is 0 Å². The molecule has 0 atom stereocenters. The molecule has 4 aliphatic rings. The molecule has 1 heterocycles. The summed E-state index contributed by atoms with van der Waals surface area (Å²) in [5, 5.41) is 0. The predicted octanol–water partition coefficient (Wildman–Crippen LogP) is 4.47. The molecule has 0 spiro atoms. The van der Waals surface area contributed by atoms with Crippen molar-refractivity contribution in [3.63, 3.8) is 0 Å². The van der Waals surface area contributed by atoms with Crippen molar-refractivity contribution in [1.29, 1.82) is 0 Å². The normalized spacial score (nSPS) is 41.3. The zero-order valence-electron chi connectivity index (χ0n) is 10.2. The highest BCUT2D eigenvalue weighted by atomic mass is 79.9. The maximum Gasteiger partial charge on any atom is 0.137 e. The van der Waals surface area contributed by atoms with Crippen molar-refractivity contribution in [2.45, 2.75) is 43.9 Å². The Kier molecular flexibility index (Phi) is 2.64. The fraction of sp³-hybridized carbons (Fsp3) is 0.714. The van der Waals surface area contributed by atoms with Crippen molar-refractivity contribution in [1.82, 2.24) is 9.97 Å². The number of nitrogens with zero attached hydrogens (tertiary/aromatic N) is 2. The Morgan fingerprint density at radius 1 is 0.889 bits per heavy atom. The van der Waals surface area contributed by atoms with Gasteiger partial charge < -0.3 is 0 Å². The van der Waals surface area contributed by atoms with Crippen LogP contribution < -0.4 is 0 Å². The van der Waals surface area contributed by atoms with Gasteiger partial charge in [0.15, 0.2) is 0 Å². The zero-order chi connectivity index (χ0) is 12.3. The fourth-order valence-electron chi connectivity index (χ4n) is 5.01. The molecule has 4 heteroatoms. The number of hydrogen-bond acceptors (Lipinski definition) is 2. The van der Waals surface area contributed by atoms with Crippen molar-refractivity contribution in [3.8, 4) is 0 Å². The molecule has 0 N–H and O–H groups in total. The third-order valence-electron chi connectivity index (χ3n) is 5.18. The van der Waals surface area contributed by atoms with Crippen LogP contribution >= 0.6 is 31.9 Å². The standard InChI is InChI=1S/C14H16Br2N2/c15-11-4-12(16)18-13(17-11)14-5-8-1-9(6-14)3-10(2-8)7-14/h4,8-10H,1-3,5-7H2. The summed E-state index contributed by atoms with van der Waals surface area (Å²) < 4.78 is 1.82. The molecular weight excluding hydrogens is 356 g/mol. The van der Waals surface area contributed by atoms with Crippen LogP contribution in [0.5, 0.6) is 0 Å². The van der Waals surface area contributed by atoms with E-state index in [1.165, 1.54) is 38.5 Å². The number of halogens is 2. The average molecular weight is 372 g/mol. The molecule has 0 aromatic carbocycles. The van der Waals surface area contributed by atoms with Gasteiger partial charge in [0.05, 0.1) is 0 Å². The van der Waals surface area contributed by atoms with Crippen molar-refractivity contribution < 1.29 is 0 Å². The van der Waals surface area contributed by atoms with Crippen LogP contribution in [0.3, 0.4) is 0 Å². The van der Waals surface area contributed by atoms with E-state index in [9.17, 15) is 0 Å². The van der Waals surface area contributed by atoms with Crippen LogP contribution in [0.1, 0.15) is 44.3 Å². The van der Waals surface area contributed by atoms with E-state index >= 15 is 0 Å². The van der Waals surface area contributed by atoms with Crippen LogP contribution in [0, 0.1) is 17.8 Å². The van der Waals surface area contributed by atoms with Crippen molar-refractivity contribution in [2.24, 2.45) is 17.8 Å². The van der Waals surface area contributed by atoms with Gasteiger partial charge in [0.2, 0.25) is 0 Å². The van der Waals surface area contributed by atoms with E-state index in [1.807, 2.05) is 6.07 Å². The smallest absolute Gasteiger partial charge is 0.137 e. The van der Waals surface area contributed by atoms with Gasteiger partial charge in [-0.2, -0.15) is 0 Å². The summed E-state index contributed by atoms with van der Waals surface area (Å²) in [7, 11) is 0. The van der Waals surface area contributed by atoms with Gasteiger partial charge in [-0.05, 0) is 88.1 Å². The van der Waals surface area contributed by atoms with Gasteiger partial charge >= 0.3 is 0 Å². The van der Waals surface area contributed by atoms with Gasteiger partial charge in [-0.25, -0.2) is 9.97 Å². The SMILES string of the molecule is Brc1cc(Br)nc(C23CC4CC(CC(C4)C2)C3)n1. The highest BCUT2D eigenvalue weighted by Crippen LogP contribution is 2.60. The summed E-state index contributed by atoms with van der Waals surface area (Å²) in [6.45, 7) is 0. The molecule has 0 amide bonds. The second-order valence-electron chi connectivity index (χ2n) is 6.53. The van der Waals surface area contributed by atoms with E-state index in [1.54, 1.807) is 0 Å². The molecule has 0 unspecified atom stereocenters. The van der Waals surface area contributed by atoms with E-state index < -0.39 is 0 Å². The second kappa shape index (κ2) is 4.02. The third kappa shape index (κ3) is 1.79. The molecule has 1 aromatic rings. The second-order valence-corrected chi connectivity index (χ2v) is 8.16. The van der Waals surface area contributed by atoms with E-state index in [4.69, 9.17) is 9.97 Å². The van der Waals surface area contributed by atoms with E-state index in [2.05, 4.69) is 31.9 Å². The molecule has 4 aliphatic carbocycles. The van der Waals surface area contributed by atoms with E-state index in [0.29, 0.717) is 5.41 Å². The largest absolute Gasteiger partial charge is 0.225 e. The Hall–Kier alpha value is 0.0400. The molecule has 0 saturated heterocycles. The Morgan fingerprint density at radius 2 is 1.33 bits per heavy atom. The van der Waals surface area contributed by atoms with Gasteiger partial charge in [-0.3, -0.25) is 0 Å². The maximum absolute atomic E-state index is 4.70. The lowest BCUT2D eigenvalue weighted by atomic mass is 9.49. The topological polar surface area (TPSA) is 25.8 Å². The Labute approximate surface area is 124 Å². The summed E-state index contributed by atoms with van der Waals surface area (Å²) in [6, 6.07) is 1.93. The minimum absolute atomic E-state index is 0.293. The third-order valence-corrected chi connectivity index (χ3v) is 5.99. The fourth-order valence-corrected chi connectivity index (χ4v) is 6.09. The van der Waals surface area contributed by atoms with Gasteiger partial charge in [-0.15, -0.1) is 0 Å². The predicted molar refractivity (Wildman–Crippen MR) is 77.3 cm³/mol. The maximum atomic E-state index is 4.70. The molecule has 1 aromatic heterocycles. The van der Waals surface area contributed by atoms with Crippen LogP contribution in [0.4, 0.5) is 0 Å². The average Bonchev–Trinajstić information content (AvgIpc) is 2.25. The molecule has 0 radical (unpaired) electrons. The van der Waals surface area contributed by atoms with Crippen LogP contribution in [0.25, 0.3) is 0 Å². The zero-order valence-corrected chi connectivity index (χ0v) is 13.4. The first-order chi connectivity index (χ1) is 8.63. The highest BCUT2D eigenvalue weighted by Gasteiger charge is 2.53. The summed E-state index contributed by atoms with van der Waals surface area (Å²) in [5.74, 6) is 3.91. The molecular formula is C14H16Br2N2. The summed E-state index contributed by atoms with van der Waals surface area (Å²) in [6.07, 6.45) is 8.36. The lowest BCUT2D eigenvalue weighted by Crippen LogP contribution is -2.49. The molecule has 4 saturated carbocycles. The van der Waals surface area contributed by atoms with Crippen LogP contribution in [-0.4, -0.2) is 9.97 Å². The summed E-state index contributed by atoms with van der Waals surface area (Å²) in [4.78, 5) is 9.40. The van der Waals surface area contributed by atoms with E-state index in [0.717, 1.165) is 32.8 Å². The lowest BCUT2D eigenvalue weighted by Gasteiger charge is -2.56. The first-order valence-corrected chi connectivity index (χ1v) is 8.42. The first-order valence-electron chi connectivity index (χ1n) is 6.83. The van der Waals surface area contributed by atoms with E-state index in [-0.39, 0.29) is 0 Å². The molecule has 0 aliphatic heterocycles. The van der Waals surface area contributed by atoms with Crippen molar-refractivity contribution >= 4 is 31.9 Å². The number of rotatable bonds is 1. The minimum atomic E-state index is 0.293.